The summed E-state index contributed by atoms with van der Waals surface area (Å²) in [4.78, 5) is 34.0. The number of pyridine rings is 1. The zero-order chi connectivity index (χ0) is 26.3. The van der Waals surface area contributed by atoms with Gasteiger partial charge in [-0.3, -0.25) is 23.9 Å². The van der Waals surface area contributed by atoms with Crippen molar-refractivity contribution in [2.75, 3.05) is 12.3 Å². The number of para-hydroxylation sites is 1. The summed E-state index contributed by atoms with van der Waals surface area (Å²) in [5.74, 6) is -0.177. The van der Waals surface area contributed by atoms with Gasteiger partial charge in [0.1, 0.15) is 6.54 Å². The number of carbonyl (C=O) groups excluding carboxylic acids is 1. The van der Waals surface area contributed by atoms with E-state index in [1.165, 1.54) is 13.3 Å². The smallest absolute Gasteiger partial charge is 0.307 e. The molecular formula is C27H28N7O3+. The second-order valence-electron chi connectivity index (χ2n) is 9.11. The summed E-state index contributed by atoms with van der Waals surface area (Å²) in [6, 6.07) is 15.7. The Balaban J connectivity index is 1.70. The molecule has 10 nitrogen and oxygen atoms in total. The van der Waals surface area contributed by atoms with E-state index in [-0.39, 0.29) is 24.5 Å². The van der Waals surface area contributed by atoms with Gasteiger partial charge >= 0.3 is 5.65 Å². The molecule has 188 valence electrons. The number of imidazole rings is 1. The van der Waals surface area contributed by atoms with Crippen molar-refractivity contribution >= 4 is 33.7 Å². The minimum absolute atomic E-state index is 0.0661. The number of anilines is 1. The lowest BCUT2D eigenvalue weighted by Crippen LogP contribution is -2.37. The van der Waals surface area contributed by atoms with E-state index in [2.05, 4.69) is 9.97 Å². The molecule has 3 aromatic heterocycles. The van der Waals surface area contributed by atoms with Crippen molar-refractivity contribution in [1.29, 1.82) is 0 Å². The van der Waals surface area contributed by atoms with Gasteiger partial charge < -0.3 is 5.73 Å². The number of nitrogen functional groups attached to an aromatic ring is 1. The molecule has 37 heavy (non-hydrogen) atoms. The van der Waals surface area contributed by atoms with Crippen LogP contribution in [0, 0.1) is 13.8 Å². The van der Waals surface area contributed by atoms with Gasteiger partial charge in [0, 0.05) is 6.92 Å². The first-order valence-corrected chi connectivity index (χ1v) is 11.9. The normalized spacial score (nSPS) is 11.4. The fourth-order valence-corrected chi connectivity index (χ4v) is 4.75. The Hall–Kier alpha value is -4.57. The Morgan fingerprint density at radius 1 is 1.11 bits per heavy atom. The van der Waals surface area contributed by atoms with Crippen LogP contribution in [0.15, 0.2) is 66.0 Å². The van der Waals surface area contributed by atoms with Gasteiger partial charge in [-0.25, -0.2) is 9.63 Å². The number of hydroxylamine groups is 2. The number of amides is 1. The van der Waals surface area contributed by atoms with Gasteiger partial charge in [0.2, 0.25) is 11.4 Å². The first-order valence-electron chi connectivity index (χ1n) is 11.9. The van der Waals surface area contributed by atoms with E-state index in [9.17, 15) is 14.8 Å². The molecule has 1 amide bonds. The van der Waals surface area contributed by atoms with Crippen molar-refractivity contribution in [3.8, 4) is 5.69 Å². The van der Waals surface area contributed by atoms with E-state index in [4.69, 9.17) is 5.73 Å². The van der Waals surface area contributed by atoms with E-state index in [1.807, 2.05) is 73.3 Å². The largest absolute Gasteiger partial charge is 0.380 e. The van der Waals surface area contributed by atoms with Crippen molar-refractivity contribution in [2.45, 2.75) is 33.9 Å². The first-order chi connectivity index (χ1) is 17.8. The van der Waals surface area contributed by atoms with E-state index >= 15 is 0 Å². The SMILES string of the molecule is CC(=O)N(O)CCn1c[n+](Cc2cc3cccc(C)c3c(=O)n2-c2ccccc2C)c2ncnc(N)c21. The number of nitrogens with two attached hydrogens (primary N) is 1. The number of aryl methyl sites for hydroxylation is 2. The van der Waals surface area contributed by atoms with Crippen LogP contribution in [0.5, 0.6) is 0 Å². The molecule has 0 radical (unpaired) electrons. The summed E-state index contributed by atoms with van der Waals surface area (Å²) < 4.78 is 5.46. The molecular weight excluding hydrogens is 470 g/mol. The predicted molar refractivity (Wildman–Crippen MR) is 139 cm³/mol. The predicted octanol–water partition coefficient (Wildman–Crippen LogP) is 2.51. The quantitative estimate of drug-likeness (QED) is 0.211. The van der Waals surface area contributed by atoms with Crippen molar-refractivity contribution in [3.05, 3.63) is 88.4 Å². The van der Waals surface area contributed by atoms with Crippen LogP contribution in [0.4, 0.5) is 5.82 Å². The lowest BCUT2D eigenvalue weighted by Gasteiger charge is -2.16. The molecule has 10 heteroatoms. The molecule has 0 fully saturated rings. The molecule has 0 atom stereocenters. The second kappa shape index (κ2) is 9.47. The lowest BCUT2D eigenvalue weighted by molar-refractivity contribution is -0.665. The van der Waals surface area contributed by atoms with Gasteiger partial charge in [-0.05, 0) is 42.5 Å². The molecule has 0 saturated carbocycles. The third-order valence-corrected chi connectivity index (χ3v) is 6.61. The number of hydrogen-bond acceptors (Lipinski definition) is 6. The molecule has 0 saturated heterocycles. The molecule has 3 heterocycles. The van der Waals surface area contributed by atoms with Crippen molar-refractivity contribution < 1.29 is 14.6 Å². The summed E-state index contributed by atoms with van der Waals surface area (Å²) in [6.45, 7) is 5.88. The molecule has 0 aliphatic heterocycles. The van der Waals surface area contributed by atoms with E-state index < -0.39 is 5.91 Å². The maximum Gasteiger partial charge on any atom is 0.307 e. The third-order valence-electron chi connectivity index (χ3n) is 6.61. The highest BCUT2D eigenvalue weighted by atomic mass is 16.5. The maximum atomic E-state index is 13.9. The fourth-order valence-electron chi connectivity index (χ4n) is 4.75. The van der Waals surface area contributed by atoms with Gasteiger partial charge in [0.15, 0.2) is 18.5 Å². The van der Waals surface area contributed by atoms with Gasteiger partial charge in [0.25, 0.3) is 5.56 Å². The van der Waals surface area contributed by atoms with E-state index in [0.29, 0.717) is 28.2 Å². The highest BCUT2D eigenvalue weighted by Crippen LogP contribution is 2.22. The summed E-state index contributed by atoms with van der Waals surface area (Å²) >= 11 is 0. The second-order valence-corrected chi connectivity index (χ2v) is 9.11. The molecule has 5 rings (SSSR count). The van der Waals surface area contributed by atoms with E-state index in [0.717, 1.165) is 27.9 Å². The molecule has 0 spiro atoms. The molecule has 3 N–H and O–H groups in total. The zero-order valence-corrected chi connectivity index (χ0v) is 20.9. The van der Waals surface area contributed by atoms with Crippen LogP contribution in [0.3, 0.4) is 0 Å². The van der Waals surface area contributed by atoms with Crippen molar-refractivity contribution in [1.82, 2.24) is 24.2 Å². The van der Waals surface area contributed by atoms with Crippen LogP contribution in [0.25, 0.3) is 27.6 Å². The Bertz CT molecular complexity index is 1720. The molecule has 0 bridgehead atoms. The number of fused-ring (bicyclic) bond motifs is 2. The Morgan fingerprint density at radius 3 is 2.62 bits per heavy atom. The monoisotopic (exact) mass is 498 g/mol. The maximum absolute atomic E-state index is 13.9. The van der Waals surface area contributed by atoms with Gasteiger partial charge in [-0.1, -0.05) is 41.4 Å². The topological polar surface area (TPSA) is 123 Å². The summed E-state index contributed by atoms with van der Waals surface area (Å²) in [5.41, 5.74) is 10.7. The summed E-state index contributed by atoms with van der Waals surface area (Å²) in [5, 5.41) is 12.1. The average molecular weight is 499 g/mol. The number of rotatable bonds is 6. The zero-order valence-electron chi connectivity index (χ0n) is 20.9. The summed E-state index contributed by atoms with van der Waals surface area (Å²) in [6.07, 6.45) is 3.21. The standard InChI is InChI=1S/C27H28N7O3/c1-17-7-4-5-10-22(17)34-21(13-20-9-6-8-18(2)23(20)27(34)36)14-32-16-31(11-12-33(37)19(3)35)24-25(28)29-15-30-26(24)32/h4-10,13,15-16,37H,11-12,14H2,1-3H3,(H2,28,29,30)/q+1. The van der Waals surface area contributed by atoms with Crippen LogP contribution in [-0.2, 0) is 17.9 Å². The average Bonchev–Trinajstić information content (AvgIpc) is 3.22. The highest BCUT2D eigenvalue weighted by Gasteiger charge is 2.23. The third kappa shape index (κ3) is 4.31. The number of hydrogen-bond donors (Lipinski definition) is 2. The molecule has 0 aliphatic rings. The number of aromatic nitrogens is 5. The number of nitrogens with zero attached hydrogens (tertiary/aromatic N) is 6. The first kappa shape index (κ1) is 24.1. The van der Waals surface area contributed by atoms with Crippen LogP contribution in [0.1, 0.15) is 23.7 Å². The lowest BCUT2D eigenvalue weighted by atomic mass is 10.1. The molecule has 0 aliphatic carbocycles. The number of benzene rings is 2. The van der Waals surface area contributed by atoms with Crippen molar-refractivity contribution in [3.63, 3.8) is 0 Å². The molecule has 0 unspecified atom stereocenters. The van der Waals surface area contributed by atoms with E-state index in [1.54, 1.807) is 9.13 Å². The van der Waals surface area contributed by atoms with Crippen molar-refractivity contribution in [2.24, 2.45) is 0 Å². The molecule has 5 aromatic rings. The Labute approximate surface area is 212 Å². The van der Waals surface area contributed by atoms with Gasteiger partial charge in [-0.2, -0.15) is 4.98 Å². The minimum atomic E-state index is -0.456. The number of carbonyl (C=O) groups is 1. The summed E-state index contributed by atoms with van der Waals surface area (Å²) in [7, 11) is 0. The van der Waals surface area contributed by atoms with Gasteiger partial charge in [0.05, 0.1) is 29.9 Å². The minimum Gasteiger partial charge on any atom is -0.380 e. The van der Waals surface area contributed by atoms with Crippen LogP contribution < -0.4 is 15.9 Å². The highest BCUT2D eigenvalue weighted by molar-refractivity contribution is 5.85. The van der Waals surface area contributed by atoms with Gasteiger partial charge in [-0.15, -0.1) is 0 Å². The van der Waals surface area contributed by atoms with Crippen LogP contribution in [0.2, 0.25) is 0 Å². The fraction of sp³-hybridized carbons (Fsp3) is 0.222. The molecule has 2 aromatic carbocycles. The Morgan fingerprint density at radius 2 is 1.86 bits per heavy atom. The Kier molecular flexibility index (Phi) is 6.18. The van der Waals surface area contributed by atoms with Crippen LogP contribution in [-0.4, -0.2) is 41.8 Å². The van der Waals surface area contributed by atoms with Crippen LogP contribution >= 0.6 is 0 Å².